The maximum Gasteiger partial charge on any atom is 0.118 e. The van der Waals surface area contributed by atoms with Crippen LogP contribution in [0.1, 0.15) is 79.5 Å². The summed E-state index contributed by atoms with van der Waals surface area (Å²) >= 11 is 0. The van der Waals surface area contributed by atoms with Crippen LogP contribution in [0.15, 0.2) is 48.5 Å². The van der Waals surface area contributed by atoms with E-state index in [1.165, 1.54) is 10.9 Å². The smallest absolute Gasteiger partial charge is 0.118 e. The maximum atomic E-state index is 13.2. The summed E-state index contributed by atoms with van der Waals surface area (Å²) in [4.78, 5) is 0. The van der Waals surface area contributed by atoms with Crippen molar-refractivity contribution in [3.05, 3.63) is 59.7 Å². The number of nitrogens with one attached hydrogen (secondary N) is 1. The lowest BCUT2D eigenvalue weighted by molar-refractivity contribution is 0.414. The lowest BCUT2D eigenvalue weighted by atomic mass is 9.99. The second kappa shape index (κ2) is 9.73. The van der Waals surface area contributed by atoms with E-state index in [0.717, 1.165) is 11.3 Å². The van der Waals surface area contributed by atoms with Crippen molar-refractivity contribution in [1.29, 1.82) is 0 Å². The molecule has 0 saturated carbocycles. The summed E-state index contributed by atoms with van der Waals surface area (Å²) in [5, 5.41) is 1.64. The molecule has 0 aliphatic heterocycles. The van der Waals surface area contributed by atoms with Crippen LogP contribution in [-0.4, -0.2) is 26.4 Å². The van der Waals surface area contributed by atoms with Gasteiger partial charge in [0.1, 0.15) is 5.75 Å². The number of hydrogen-bond donors (Lipinski definition) is 1. The first-order valence-electron chi connectivity index (χ1n) is 10.9. The van der Waals surface area contributed by atoms with Crippen molar-refractivity contribution in [2.45, 2.75) is 83.4 Å². The Hall–Kier alpha value is -1.22. The van der Waals surface area contributed by atoms with Crippen molar-refractivity contribution >= 4 is 24.2 Å². The SMILES string of the molecule is COc1ccc([C@@H](N[S@](=O)C(C)(C)C)c2ccccc2P(C(C)(C)C)C(C)(C)C)cc1. The standard InChI is InChI=1S/C26H40NO2PS/c1-24(2,3)30(25(4,5)6)22-14-12-11-13-21(22)23(27-31(28)26(7,8)9)19-15-17-20(29-10)18-16-19/h11-18,23,27H,1-10H3/t23-,31-/m1/s1. The summed E-state index contributed by atoms with van der Waals surface area (Å²) in [6.45, 7) is 20.0. The molecule has 2 aromatic rings. The first kappa shape index (κ1) is 26.0. The molecule has 0 fully saturated rings. The molecule has 0 heterocycles. The maximum absolute atomic E-state index is 13.2. The minimum atomic E-state index is -1.21. The van der Waals surface area contributed by atoms with Crippen LogP contribution in [0.3, 0.4) is 0 Å². The van der Waals surface area contributed by atoms with Crippen LogP contribution in [-0.2, 0) is 11.0 Å². The Bertz CT molecular complexity index is 875. The zero-order valence-electron chi connectivity index (χ0n) is 20.9. The Morgan fingerprint density at radius 2 is 1.35 bits per heavy atom. The predicted octanol–water partition coefficient (Wildman–Crippen LogP) is 6.54. The minimum absolute atomic E-state index is 0.136. The van der Waals surface area contributed by atoms with Crippen LogP contribution >= 0.6 is 7.92 Å². The Balaban J connectivity index is 2.70. The number of methoxy groups -OCH3 is 1. The first-order chi connectivity index (χ1) is 14.2. The zero-order chi connectivity index (χ0) is 23.6. The van der Waals surface area contributed by atoms with E-state index in [9.17, 15) is 4.21 Å². The molecule has 0 saturated heterocycles. The monoisotopic (exact) mass is 461 g/mol. The van der Waals surface area contributed by atoms with Gasteiger partial charge < -0.3 is 4.74 Å². The van der Waals surface area contributed by atoms with Gasteiger partial charge in [0.2, 0.25) is 0 Å². The van der Waals surface area contributed by atoms with Crippen molar-refractivity contribution in [2.75, 3.05) is 7.11 Å². The van der Waals surface area contributed by atoms with Crippen LogP contribution in [0.4, 0.5) is 0 Å². The molecule has 2 atom stereocenters. The van der Waals surface area contributed by atoms with E-state index >= 15 is 0 Å². The second-order valence-electron chi connectivity index (χ2n) is 10.9. The second-order valence-corrected chi connectivity index (χ2v) is 16.8. The van der Waals surface area contributed by atoms with E-state index in [1.807, 2.05) is 32.9 Å². The lowest BCUT2D eigenvalue weighted by Crippen LogP contribution is -2.39. The first-order valence-corrected chi connectivity index (χ1v) is 13.4. The zero-order valence-corrected chi connectivity index (χ0v) is 22.6. The third-order valence-electron chi connectivity index (χ3n) is 5.06. The summed E-state index contributed by atoms with van der Waals surface area (Å²) in [6, 6.07) is 16.6. The fourth-order valence-electron chi connectivity index (χ4n) is 4.06. The predicted molar refractivity (Wildman–Crippen MR) is 138 cm³/mol. The van der Waals surface area contributed by atoms with E-state index in [2.05, 4.69) is 82.7 Å². The Labute approximate surface area is 193 Å². The van der Waals surface area contributed by atoms with Gasteiger partial charge in [-0.2, -0.15) is 0 Å². The molecular formula is C26H40NO2PS. The minimum Gasteiger partial charge on any atom is -0.497 e. The van der Waals surface area contributed by atoms with Crippen molar-refractivity contribution in [3.8, 4) is 5.75 Å². The van der Waals surface area contributed by atoms with Gasteiger partial charge in [-0.05, 0) is 59.6 Å². The molecule has 0 aromatic heterocycles. The van der Waals surface area contributed by atoms with Crippen LogP contribution in [0, 0.1) is 0 Å². The molecule has 0 radical (unpaired) electrons. The average Bonchev–Trinajstić information content (AvgIpc) is 2.63. The molecule has 5 heteroatoms. The van der Waals surface area contributed by atoms with Gasteiger partial charge in [0.05, 0.1) is 28.9 Å². The van der Waals surface area contributed by atoms with Gasteiger partial charge in [0, 0.05) is 0 Å². The van der Waals surface area contributed by atoms with Gasteiger partial charge in [0.15, 0.2) is 0 Å². The summed E-state index contributed by atoms with van der Waals surface area (Å²) < 4.78 is 21.7. The fraction of sp³-hybridized carbons (Fsp3) is 0.538. The highest BCUT2D eigenvalue weighted by molar-refractivity contribution is 7.84. The topological polar surface area (TPSA) is 38.3 Å². The summed E-state index contributed by atoms with van der Waals surface area (Å²) in [7, 11) is -0.0457. The highest BCUT2D eigenvalue weighted by Crippen LogP contribution is 2.59. The van der Waals surface area contributed by atoms with Gasteiger partial charge >= 0.3 is 0 Å². The normalized spacial score (nSPS) is 15.1. The quantitative estimate of drug-likeness (QED) is 0.496. The van der Waals surface area contributed by atoms with Crippen molar-refractivity contribution in [2.24, 2.45) is 0 Å². The van der Waals surface area contributed by atoms with Gasteiger partial charge in [-0.1, -0.05) is 85.9 Å². The van der Waals surface area contributed by atoms with Gasteiger partial charge in [-0.25, -0.2) is 8.93 Å². The molecule has 3 nitrogen and oxygen atoms in total. The number of hydrogen-bond acceptors (Lipinski definition) is 2. The van der Waals surface area contributed by atoms with E-state index < -0.39 is 18.9 Å². The van der Waals surface area contributed by atoms with Gasteiger partial charge in [-0.15, -0.1) is 0 Å². The molecule has 172 valence electrons. The highest BCUT2D eigenvalue weighted by atomic mass is 32.2. The summed E-state index contributed by atoms with van der Waals surface area (Å²) in [6.07, 6.45) is 0. The molecule has 2 aromatic carbocycles. The largest absolute Gasteiger partial charge is 0.497 e. The van der Waals surface area contributed by atoms with Crippen LogP contribution in [0.5, 0.6) is 5.75 Å². The Kier molecular flexibility index (Phi) is 8.17. The van der Waals surface area contributed by atoms with Crippen molar-refractivity contribution in [1.82, 2.24) is 4.72 Å². The summed E-state index contributed by atoms with van der Waals surface area (Å²) in [5.74, 6) is 0.819. The van der Waals surface area contributed by atoms with Crippen LogP contribution in [0.25, 0.3) is 0 Å². The third-order valence-corrected chi connectivity index (χ3v) is 10.2. The molecule has 0 unspecified atom stereocenters. The molecule has 1 N–H and O–H groups in total. The van der Waals surface area contributed by atoms with E-state index in [1.54, 1.807) is 7.11 Å². The fourth-order valence-corrected chi connectivity index (χ4v) is 9.04. The van der Waals surface area contributed by atoms with E-state index in [4.69, 9.17) is 4.74 Å². The van der Waals surface area contributed by atoms with Gasteiger partial charge in [-0.3, -0.25) is 0 Å². The Morgan fingerprint density at radius 3 is 1.81 bits per heavy atom. The van der Waals surface area contributed by atoms with Crippen molar-refractivity contribution in [3.63, 3.8) is 0 Å². The van der Waals surface area contributed by atoms with E-state index in [0.29, 0.717) is 0 Å². The molecule has 0 bridgehead atoms. The van der Waals surface area contributed by atoms with Gasteiger partial charge in [0.25, 0.3) is 0 Å². The van der Waals surface area contributed by atoms with Crippen molar-refractivity contribution < 1.29 is 8.95 Å². The molecular weight excluding hydrogens is 421 g/mol. The highest BCUT2D eigenvalue weighted by Gasteiger charge is 2.38. The molecule has 0 aliphatic rings. The number of benzene rings is 2. The number of ether oxygens (including phenoxy) is 1. The number of rotatable bonds is 6. The molecule has 2 rings (SSSR count). The van der Waals surface area contributed by atoms with Crippen LogP contribution in [0.2, 0.25) is 0 Å². The van der Waals surface area contributed by atoms with E-state index in [-0.39, 0.29) is 21.1 Å². The molecule has 0 aliphatic carbocycles. The third kappa shape index (κ3) is 6.63. The average molecular weight is 462 g/mol. The molecule has 0 amide bonds. The lowest BCUT2D eigenvalue weighted by Gasteiger charge is -2.43. The summed E-state index contributed by atoms with van der Waals surface area (Å²) in [5.41, 5.74) is 2.30. The molecule has 0 spiro atoms. The Morgan fingerprint density at radius 1 is 0.839 bits per heavy atom. The molecule has 31 heavy (non-hydrogen) atoms. The van der Waals surface area contributed by atoms with Crippen LogP contribution < -0.4 is 14.8 Å².